The maximum absolute atomic E-state index is 5.71. The summed E-state index contributed by atoms with van der Waals surface area (Å²) in [5, 5.41) is 0.585. The standard InChI is InChI=1S/C13H20N2OS/c1-16-11-7-5-10(6-8-11)13(15-14)12-4-2-3-9-17-12/h5-8,12-13,15H,2-4,9,14H2,1H3. The minimum absolute atomic E-state index is 0.242. The van der Waals surface area contributed by atoms with Crippen molar-refractivity contribution >= 4 is 11.8 Å². The van der Waals surface area contributed by atoms with Gasteiger partial charge in [-0.1, -0.05) is 18.6 Å². The lowest BCUT2D eigenvalue weighted by Gasteiger charge is -2.29. The van der Waals surface area contributed by atoms with E-state index in [1.807, 2.05) is 23.9 Å². The number of hydrogen-bond acceptors (Lipinski definition) is 4. The molecule has 0 saturated carbocycles. The summed E-state index contributed by atoms with van der Waals surface area (Å²) in [6, 6.07) is 8.42. The molecule has 0 radical (unpaired) electrons. The number of hydrogen-bond donors (Lipinski definition) is 2. The van der Waals surface area contributed by atoms with Crippen molar-refractivity contribution in [2.45, 2.75) is 30.6 Å². The quantitative estimate of drug-likeness (QED) is 0.638. The first-order valence-electron chi connectivity index (χ1n) is 6.07. The Morgan fingerprint density at radius 2 is 2.12 bits per heavy atom. The Kier molecular flexibility index (Phi) is 4.71. The zero-order valence-electron chi connectivity index (χ0n) is 10.2. The van der Waals surface area contributed by atoms with E-state index in [-0.39, 0.29) is 6.04 Å². The van der Waals surface area contributed by atoms with Crippen molar-refractivity contribution in [2.24, 2.45) is 5.84 Å². The van der Waals surface area contributed by atoms with E-state index in [4.69, 9.17) is 10.6 Å². The summed E-state index contributed by atoms with van der Waals surface area (Å²) in [5.41, 5.74) is 4.21. The molecule has 17 heavy (non-hydrogen) atoms. The van der Waals surface area contributed by atoms with Gasteiger partial charge >= 0.3 is 0 Å². The third kappa shape index (κ3) is 3.15. The van der Waals surface area contributed by atoms with Gasteiger partial charge in [-0.05, 0) is 36.3 Å². The summed E-state index contributed by atoms with van der Waals surface area (Å²) >= 11 is 2.03. The van der Waals surface area contributed by atoms with Gasteiger partial charge in [0.1, 0.15) is 5.75 Å². The lowest BCUT2D eigenvalue weighted by molar-refractivity contribution is 0.414. The number of hydrazine groups is 1. The zero-order valence-corrected chi connectivity index (χ0v) is 11.0. The van der Waals surface area contributed by atoms with Gasteiger partial charge in [0.05, 0.1) is 13.2 Å². The number of nitrogens with one attached hydrogen (secondary N) is 1. The molecule has 1 heterocycles. The lowest BCUT2D eigenvalue weighted by Crippen LogP contribution is -2.36. The summed E-state index contributed by atoms with van der Waals surface area (Å²) in [5.74, 6) is 7.85. The highest BCUT2D eigenvalue weighted by atomic mass is 32.2. The maximum atomic E-state index is 5.71. The molecule has 0 bridgehead atoms. The molecule has 1 aliphatic rings. The van der Waals surface area contributed by atoms with Crippen LogP contribution in [0.4, 0.5) is 0 Å². The highest BCUT2D eigenvalue weighted by molar-refractivity contribution is 8.00. The van der Waals surface area contributed by atoms with Crippen LogP contribution in [0.15, 0.2) is 24.3 Å². The van der Waals surface area contributed by atoms with Gasteiger partial charge in [-0.2, -0.15) is 11.8 Å². The van der Waals surface area contributed by atoms with Crippen LogP contribution in [0.5, 0.6) is 5.75 Å². The Balaban J connectivity index is 2.10. The van der Waals surface area contributed by atoms with Crippen LogP contribution in [0.3, 0.4) is 0 Å². The molecule has 1 aromatic rings. The average molecular weight is 252 g/mol. The molecule has 3 nitrogen and oxygen atoms in total. The van der Waals surface area contributed by atoms with Gasteiger partial charge in [-0.3, -0.25) is 11.3 Å². The van der Waals surface area contributed by atoms with Gasteiger partial charge < -0.3 is 4.74 Å². The summed E-state index contributed by atoms with van der Waals surface area (Å²) in [6.45, 7) is 0. The summed E-state index contributed by atoms with van der Waals surface area (Å²) in [6.07, 6.45) is 3.89. The summed E-state index contributed by atoms with van der Waals surface area (Å²) in [7, 11) is 1.69. The molecular formula is C13H20N2OS. The van der Waals surface area contributed by atoms with Crippen LogP contribution < -0.4 is 16.0 Å². The highest BCUT2D eigenvalue weighted by Gasteiger charge is 2.24. The Labute approximate surface area is 107 Å². The predicted octanol–water partition coefficient (Wildman–Crippen LogP) is 2.49. The van der Waals surface area contributed by atoms with E-state index >= 15 is 0 Å². The van der Waals surface area contributed by atoms with E-state index in [0.717, 1.165) is 5.75 Å². The molecule has 1 saturated heterocycles. The molecule has 0 aliphatic carbocycles. The number of ether oxygens (including phenoxy) is 1. The Morgan fingerprint density at radius 3 is 2.65 bits per heavy atom. The number of methoxy groups -OCH3 is 1. The molecule has 2 rings (SSSR count). The first-order valence-corrected chi connectivity index (χ1v) is 7.11. The maximum Gasteiger partial charge on any atom is 0.118 e. The fourth-order valence-electron chi connectivity index (χ4n) is 2.26. The molecule has 2 atom stereocenters. The molecule has 0 amide bonds. The van der Waals surface area contributed by atoms with E-state index in [2.05, 4.69) is 17.6 Å². The number of nitrogens with two attached hydrogens (primary N) is 1. The molecule has 3 N–H and O–H groups in total. The van der Waals surface area contributed by atoms with Crippen molar-refractivity contribution < 1.29 is 4.74 Å². The molecule has 2 unspecified atom stereocenters. The largest absolute Gasteiger partial charge is 0.497 e. The van der Waals surface area contributed by atoms with Gasteiger partial charge in [-0.15, -0.1) is 0 Å². The SMILES string of the molecule is COc1ccc(C(NN)C2CCCCS2)cc1. The van der Waals surface area contributed by atoms with Crippen LogP contribution in [0.1, 0.15) is 30.9 Å². The normalized spacial score (nSPS) is 22.1. The Morgan fingerprint density at radius 1 is 1.35 bits per heavy atom. The van der Waals surface area contributed by atoms with Crippen molar-refractivity contribution in [1.82, 2.24) is 5.43 Å². The molecule has 4 heteroatoms. The third-order valence-corrected chi connectivity index (χ3v) is 4.70. The smallest absolute Gasteiger partial charge is 0.118 e. The number of thioether (sulfide) groups is 1. The third-order valence-electron chi connectivity index (χ3n) is 3.24. The summed E-state index contributed by atoms with van der Waals surface area (Å²) < 4.78 is 5.17. The van der Waals surface area contributed by atoms with Gasteiger partial charge in [0.15, 0.2) is 0 Å². The van der Waals surface area contributed by atoms with Crippen LogP contribution in [0.25, 0.3) is 0 Å². The second-order valence-corrected chi connectivity index (χ2v) is 5.67. The second kappa shape index (κ2) is 6.28. The highest BCUT2D eigenvalue weighted by Crippen LogP contribution is 2.34. The number of benzene rings is 1. The topological polar surface area (TPSA) is 47.3 Å². The minimum atomic E-state index is 0.242. The summed E-state index contributed by atoms with van der Waals surface area (Å²) in [4.78, 5) is 0. The predicted molar refractivity (Wildman–Crippen MR) is 73.2 cm³/mol. The van der Waals surface area contributed by atoms with Gasteiger partial charge in [0.25, 0.3) is 0 Å². The fraction of sp³-hybridized carbons (Fsp3) is 0.538. The fourth-order valence-corrected chi connectivity index (χ4v) is 3.69. The van der Waals surface area contributed by atoms with Crippen molar-refractivity contribution in [1.29, 1.82) is 0 Å². The Hall–Kier alpha value is -0.710. The molecule has 0 aromatic heterocycles. The number of rotatable bonds is 4. The molecule has 0 spiro atoms. The van der Waals surface area contributed by atoms with Crippen molar-refractivity contribution in [3.8, 4) is 5.75 Å². The molecule has 1 aliphatic heterocycles. The monoisotopic (exact) mass is 252 g/mol. The average Bonchev–Trinajstić information content (AvgIpc) is 2.42. The van der Waals surface area contributed by atoms with E-state index < -0.39 is 0 Å². The van der Waals surface area contributed by atoms with E-state index in [9.17, 15) is 0 Å². The van der Waals surface area contributed by atoms with Gasteiger partial charge in [-0.25, -0.2) is 0 Å². The zero-order chi connectivity index (χ0) is 12.1. The first kappa shape index (κ1) is 12.7. The molecule has 94 valence electrons. The van der Waals surface area contributed by atoms with Crippen LogP contribution in [-0.2, 0) is 0 Å². The van der Waals surface area contributed by atoms with Crippen molar-refractivity contribution in [2.75, 3.05) is 12.9 Å². The Bertz CT molecular complexity index is 336. The molecule has 1 fully saturated rings. The minimum Gasteiger partial charge on any atom is -0.497 e. The van der Waals surface area contributed by atoms with E-state index in [1.54, 1.807) is 7.11 Å². The lowest BCUT2D eigenvalue weighted by atomic mass is 10.00. The van der Waals surface area contributed by atoms with Crippen molar-refractivity contribution in [3.63, 3.8) is 0 Å². The first-order chi connectivity index (χ1) is 8.35. The molecular weight excluding hydrogens is 232 g/mol. The van der Waals surface area contributed by atoms with Crippen LogP contribution in [-0.4, -0.2) is 18.1 Å². The van der Waals surface area contributed by atoms with Crippen molar-refractivity contribution in [3.05, 3.63) is 29.8 Å². The van der Waals surface area contributed by atoms with E-state index in [0.29, 0.717) is 5.25 Å². The van der Waals surface area contributed by atoms with Crippen LogP contribution in [0.2, 0.25) is 0 Å². The molecule has 1 aromatic carbocycles. The second-order valence-electron chi connectivity index (χ2n) is 4.32. The van der Waals surface area contributed by atoms with Gasteiger partial charge in [0.2, 0.25) is 0 Å². The van der Waals surface area contributed by atoms with Crippen LogP contribution in [0, 0.1) is 0 Å². The van der Waals surface area contributed by atoms with Crippen LogP contribution >= 0.6 is 11.8 Å². The van der Waals surface area contributed by atoms with Gasteiger partial charge in [0, 0.05) is 5.25 Å². The van der Waals surface area contributed by atoms with E-state index in [1.165, 1.54) is 30.6 Å².